The van der Waals surface area contributed by atoms with E-state index in [1.807, 2.05) is 96.9 Å². The molecule has 4 atom stereocenters. The summed E-state index contributed by atoms with van der Waals surface area (Å²) < 4.78 is 8.00. The van der Waals surface area contributed by atoms with Crippen LogP contribution in [0.3, 0.4) is 0 Å². The number of aliphatic imine (C=N–C) groups is 1. The SMILES string of the molecule is C[C@H](O)C(=O)N1CCC(n2c(=O)[nH]c(=O)c3cnc4ccc(-c5ccc6c(c5)C=NC6)nc4c32)CC1.C[C@H](O)C(=O)N1CCC(n2c(=O)[nH]c(=O)c3cnc4ccc(-c5ccsc5)nc4c32)CC1.C[C@H](O)C(=O)N1CCC(n2c(=O)[nH]c(=O)c3cnc4ccc(-c5cn[nH]c5)nc4c32)CC1.C[C@H](O)C(=O)N1CCC(n2c(=O)[nH]c(=O)c3cnc4ccc(-c5cnn(C)c5)nc4c32)CC1. The van der Waals surface area contributed by atoms with E-state index in [0.29, 0.717) is 199 Å². The smallest absolute Gasteiger partial charge is 0.329 e. The number of thiophene rings is 1. The second-order valence-electron chi connectivity index (χ2n) is 33.6. The van der Waals surface area contributed by atoms with Gasteiger partial charge in [-0.3, -0.25) is 111 Å². The van der Waals surface area contributed by atoms with E-state index in [2.05, 4.69) is 60.2 Å². The number of rotatable bonds is 12. The molecule has 5 aliphatic heterocycles. The molecule has 4 amide bonds. The number of aryl methyl sites for hydroxylation is 1. The van der Waals surface area contributed by atoms with Gasteiger partial charge in [0.25, 0.3) is 45.9 Å². The number of aromatic nitrogens is 20. The van der Waals surface area contributed by atoms with Crippen molar-refractivity contribution in [3.63, 3.8) is 0 Å². The first-order valence-electron chi connectivity index (χ1n) is 43.4. The van der Waals surface area contributed by atoms with Gasteiger partial charge >= 0.3 is 22.8 Å². The maximum atomic E-state index is 13.1. The Bertz CT molecular complexity index is 7650. The molecule has 41 nitrogen and oxygen atoms in total. The quantitative estimate of drug-likeness (QED) is 0.0740. The minimum absolute atomic E-state index is 0.225. The zero-order valence-electron chi connectivity index (χ0n) is 72.5. The molecule has 20 heterocycles. The van der Waals surface area contributed by atoms with Crippen LogP contribution in [0, 0.1) is 0 Å². The number of hydrogen-bond acceptors (Lipinski definition) is 28. The molecule has 0 bridgehead atoms. The van der Waals surface area contributed by atoms with E-state index >= 15 is 0 Å². The Balaban J connectivity index is 0.000000119. The highest BCUT2D eigenvalue weighted by Gasteiger charge is 2.35. The topological polar surface area (TPSA) is 544 Å². The van der Waals surface area contributed by atoms with Crippen molar-refractivity contribution < 1.29 is 39.6 Å². The van der Waals surface area contributed by atoms with Crippen molar-refractivity contribution in [2.45, 2.75) is 134 Å². The maximum Gasteiger partial charge on any atom is 0.329 e. The van der Waals surface area contributed by atoms with E-state index in [-0.39, 0.29) is 64.0 Å². The molecule has 4 fully saturated rings. The Morgan fingerprint density at radius 2 is 0.729 bits per heavy atom. The number of pyridine rings is 8. The van der Waals surface area contributed by atoms with Crippen LogP contribution in [0.15, 0.2) is 176 Å². The second-order valence-corrected chi connectivity index (χ2v) is 34.4. The third-order valence-corrected chi connectivity index (χ3v) is 25.7. The van der Waals surface area contributed by atoms with Crippen molar-refractivity contribution in [3.05, 3.63) is 228 Å². The van der Waals surface area contributed by atoms with Crippen LogP contribution in [0.5, 0.6) is 0 Å². The molecule has 9 N–H and O–H groups in total. The van der Waals surface area contributed by atoms with Crippen molar-refractivity contribution in [2.24, 2.45) is 12.0 Å². The normalized spacial score (nSPS) is 16.1. The summed E-state index contributed by atoms with van der Waals surface area (Å²) in [6.45, 7) is 9.69. The molecule has 4 saturated heterocycles. The molecule has 680 valence electrons. The van der Waals surface area contributed by atoms with Crippen LogP contribution in [0.25, 0.3) is 133 Å². The zero-order valence-corrected chi connectivity index (χ0v) is 73.3. The minimum Gasteiger partial charge on any atom is -0.384 e. The number of nitrogens with zero attached hydrogens (tertiary/aromatic N) is 20. The first kappa shape index (κ1) is 88.4. The van der Waals surface area contributed by atoms with Gasteiger partial charge in [-0.15, -0.1) is 0 Å². The van der Waals surface area contributed by atoms with Crippen LogP contribution >= 0.6 is 11.3 Å². The first-order chi connectivity index (χ1) is 64.1. The summed E-state index contributed by atoms with van der Waals surface area (Å²) >= 11 is 1.56. The Morgan fingerprint density at radius 3 is 1.03 bits per heavy atom. The highest BCUT2D eigenvalue weighted by atomic mass is 32.1. The molecule has 15 aromatic heterocycles. The lowest BCUT2D eigenvalue weighted by molar-refractivity contribution is -0.141. The van der Waals surface area contributed by atoms with Crippen molar-refractivity contribution in [1.82, 2.24) is 118 Å². The molecular weight excluding hydrogens is 1730 g/mol. The number of aliphatic hydroxyl groups excluding tert-OH is 4. The molecular formula is C91H89N25O16S. The number of likely N-dealkylation sites (tertiary alicyclic amines) is 4. The predicted molar refractivity (Wildman–Crippen MR) is 494 cm³/mol. The van der Waals surface area contributed by atoms with Crippen molar-refractivity contribution >= 4 is 129 Å². The number of benzene rings is 1. The van der Waals surface area contributed by atoms with Crippen molar-refractivity contribution in [1.29, 1.82) is 0 Å². The molecule has 0 saturated carbocycles. The monoisotopic (exact) mass is 1820 g/mol. The summed E-state index contributed by atoms with van der Waals surface area (Å²) in [7, 11) is 1.81. The minimum atomic E-state index is -1.07. The fraction of sp³-hybridized carbons (Fsp3) is 0.330. The average molecular weight is 1820 g/mol. The third kappa shape index (κ3) is 17.2. The number of H-pyrrole nitrogens is 5. The summed E-state index contributed by atoms with van der Waals surface area (Å²) in [5.74, 6) is -1.31. The van der Waals surface area contributed by atoms with Crippen molar-refractivity contribution in [3.8, 4) is 45.0 Å². The number of nitrogens with one attached hydrogen (secondary N) is 5. The van der Waals surface area contributed by atoms with Gasteiger partial charge in [-0.1, -0.05) is 12.1 Å². The van der Waals surface area contributed by atoms with Crippen LogP contribution in [0.1, 0.15) is 114 Å². The van der Waals surface area contributed by atoms with E-state index in [4.69, 9.17) is 19.9 Å². The van der Waals surface area contributed by atoms with Gasteiger partial charge in [0, 0.05) is 155 Å². The Labute approximate surface area is 753 Å². The molecule has 1 aromatic carbocycles. The van der Waals surface area contributed by atoms with E-state index < -0.39 is 69.4 Å². The van der Waals surface area contributed by atoms with Gasteiger partial charge < -0.3 is 40.0 Å². The average Bonchev–Trinajstić information content (AvgIpc) is 1.75. The fourth-order valence-electron chi connectivity index (χ4n) is 18.2. The lowest BCUT2D eigenvalue weighted by Crippen LogP contribution is -2.45. The van der Waals surface area contributed by atoms with E-state index in [1.165, 1.54) is 52.5 Å². The van der Waals surface area contributed by atoms with Gasteiger partial charge in [0.05, 0.1) is 107 Å². The van der Waals surface area contributed by atoms with Crippen LogP contribution in [0.4, 0.5) is 0 Å². The largest absolute Gasteiger partial charge is 0.384 e. The lowest BCUT2D eigenvalue weighted by Gasteiger charge is -2.34. The van der Waals surface area contributed by atoms with Crippen molar-refractivity contribution in [2.75, 3.05) is 52.4 Å². The molecule has 0 radical (unpaired) electrons. The summed E-state index contributed by atoms with van der Waals surface area (Å²) in [4.78, 5) is 208. The number of carbonyl (C=O) groups is 4. The number of carbonyl (C=O) groups excluding carboxylic acids is 4. The van der Waals surface area contributed by atoms with Crippen LogP contribution in [-0.2, 0) is 32.8 Å². The van der Waals surface area contributed by atoms with Gasteiger partial charge in [0.15, 0.2) is 0 Å². The van der Waals surface area contributed by atoms with E-state index in [9.17, 15) is 78.0 Å². The fourth-order valence-corrected chi connectivity index (χ4v) is 18.9. The van der Waals surface area contributed by atoms with Gasteiger partial charge in [0.2, 0.25) is 0 Å². The third-order valence-electron chi connectivity index (χ3n) is 25.0. The Kier molecular flexibility index (Phi) is 24.3. The first-order valence-corrected chi connectivity index (χ1v) is 44.3. The number of aromatic amines is 5. The standard InChI is InChI=1S/C26H24N6O4.C22H23N7O4.C22H21N5O4S.C21H21N7O4/c1-14(33)25(35)31-8-6-18(7-9-31)32-23-19(24(34)30-26(32)36)13-28-21-5-4-20(29-22(21)23)15-2-3-16-11-27-12-17(16)10-15;1-12(30)21(32)28-7-5-14(6-8-28)29-19-15(20(31)26-22(29)33)10-23-17-4-3-16(25-18(17)19)13-9-24-27(2)11-13;1-12(28)21(30)26-7-4-14(5-8-26)27-19-15(20(29)25-22(27)31)10-23-17-3-2-16(24-18(17)19)13-6-9-32-11-13;1-11(29)20(31)27-6-4-13(5-7-27)28-18-14(19(30)26-21(28)32)10-22-16-3-2-15(25-17(16)18)12-8-23-24-9-12/h2-5,10,12-14,18,33H,6-9,11H2,1H3,(H,30,34,36);3-4,9-12,14,30H,5-8H2,1-2H3,(H,26,31,33);2-3,6,9-12,14,28H,4-5,7-8H2,1H3,(H,25,29,31);2-3,8-11,13,29H,4-7H2,1H3,(H,23,24)(H,26,30,32)/t14-;2*12-;11-/m0000/s1. The second kappa shape index (κ2) is 36.6. The number of fused-ring (bicyclic) bond motifs is 13. The summed E-state index contributed by atoms with van der Waals surface area (Å²) in [5.41, 5.74) is 10.2. The van der Waals surface area contributed by atoms with Crippen LogP contribution in [0.2, 0.25) is 0 Å². The molecule has 0 unspecified atom stereocenters. The molecule has 133 heavy (non-hydrogen) atoms. The van der Waals surface area contributed by atoms with Gasteiger partial charge in [-0.05, 0) is 156 Å². The highest BCUT2D eigenvalue weighted by molar-refractivity contribution is 7.08. The predicted octanol–water partition coefficient (Wildman–Crippen LogP) is 4.83. The number of amides is 4. The number of aliphatic hydroxyl groups is 4. The molecule has 16 aromatic rings. The Morgan fingerprint density at radius 1 is 0.398 bits per heavy atom. The molecule has 0 spiro atoms. The van der Waals surface area contributed by atoms with Gasteiger partial charge in [-0.2, -0.15) is 21.5 Å². The lowest BCUT2D eigenvalue weighted by atomic mass is 10.0. The van der Waals surface area contributed by atoms with Crippen LogP contribution in [-0.4, -0.2) is 245 Å². The molecule has 42 heteroatoms. The molecule has 0 aliphatic carbocycles. The summed E-state index contributed by atoms with van der Waals surface area (Å²) in [6.07, 6.45) is 14.4. The highest BCUT2D eigenvalue weighted by Crippen LogP contribution is 2.36. The maximum absolute atomic E-state index is 13.1. The summed E-state index contributed by atoms with van der Waals surface area (Å²) in [5, 5.41) is 54.4. The molecule has 21 rings (SSSR count). The zero-order chi connectivity index (χ0) is 93.1. The van der Waals surface area contributed by atoms with Gasteiger partial charge in [-0.25, -0.2) is 39.1 Å². The van der Waals surface area contributed by atoms with E-state index in [1.54, 1.807) is 78.5 Å². The number of hydrogen-bond donors (Lipinski definition) is 9. The Hall–Kier alpha value is -15.3. The van der Waals surface area contributed by atoms with Gasteiger partial charge in [0.1, 0.15) is 46.5 Å². The van der Waals surface area contributed by atoms with Crippen LogP contribution < -0.4 is 45.0 Å². The van der Waals surface area contributed by atoms with E-state index in [0.717, 1.165) is 39.1 Å². The summed E-state index contributed by atoms with van der Waals surface area (Å²) in [6, 6.07) is 21.7. The number of piperidine rings is 4. The molecule has 5 aliphatic rings.